The van der Waals surface area contributed by atoms with Crippen LogP contribution >= 0.6 is 11.3 Å². The largest absolute Gasteiger partial charge is 0.315 e. The number of nitrogens with one attached hydrogen (secondary N) is 1. The molecule has 0 aliphatic heterocycles. The van der Waals surface area contributed by atoms with Crippen LogP contribution in [0.15, 0.2) is 29.6 Å². The van der Waals surface area contributed by atoms with E-state index in [4.69, 9.17) is 4.98 Å². The molecule has 120 valence electrons. The first-order chi connectivity index (χ1) is 10.7. The zero-order chi connectivity index (χ0) is 15.8. The van der Waals surface area contributed by atoms with E-state index in [1.807, 2.05) is 0 Å². The van der Waals surface area contributed by atoms with Crippen molar-refractivity contribution in [3.05, 3.63) is 40.2 Å². The first-order valence-corrected chi connectivity index (χ1v) is 9.05. The molecule has 0 amide bonds. The molecule has 2 rings (SSSR count). The minimum absolute atomic E-state index is 1.00. The zero-order valence-electron chi connectivity index (χ0n) is 13.9. The van der Waals surface area contributed by atoms with E-state index in [9.17, 15) is 0 Å². The highest BCUT2D eigenvalue weighted by atomic mass is 32.1. The Kier molecular flexibility index (Phi) is 7.03. The maximum Gasteiger partial charge on any atom is 0.0945 e. The second kappa shape index (κ2) is 9.03. The summed E-state index contributed by atoms with van der Waals surface area (Å²) in [5, 5.41) is 6.89. The van der Waals surface area contributed by atoms with Gasteiger partial charge in [0.1, 0.15) is 0 Å². The zero-order valence-corrected chi connectivity index (χ0v) is 14.7. The van der Waals surface area contributed by atoms with Crippen LogP contribution in [0.5, 0.6) is 0 Å². The summed E-state index contributed by atoms with van der Waals surface area (Å²) in [5.41, 5.74) is 3.60. The third-order valence-electron chi connectivity index (χ3n) is 3.91. The van der Waals surface area contributed by atoms with Gasteiger partial charge in [0.05, 0.1) is 10.7 Å². The lowest BCUT2D eigenvalue weighted by atomic mass is 10.1. The number of aryl methyl sites for hydroxylation is 1. The van der Waals surface area contributed by atoms with E-state index in [0.29, 0.717) is 0 Å². The third-order valence-corrected chi connectivity index (χ3v) is 4.82. The summed E-state index contributed by atoms with van der Waals surface area (Å²) in [7, 11) is 0. The van der Waals surface area contributed by atoms with Gasteiger partial charge in [0.2, 0.25) is 0 Å². The Morgan fingerprint density at radius 2 is 1.82 bits per heavy atom. The normalized spacial score (nSPS) is 11.3. The van der Waals surface area contributed by atoms with Crippen molar-refractivity contribution in [3.8, 4) is 11.3 Å². The molecule has 0 fully saturated rings. The van der Waals surface area contributed by atoms with E-state index in [1.165, 1.54) is 16.1 Å². The SMILES string of the molecule is CCN(CC)CCNCCc1nc(-c2ccc(C)cc2)cs1. The van der Waals surface area contributed by atoms with Crippen LogP contribution in [-0.4, -0.2) is 42.6 Å². The Morgan fingerprint density at radius 1 is 1.09 bits per heavy atom. The van der Waals surface area contributed by atoms with Crippen molar-refractivity contribution >= 4 is 11.3 Å². The topological polar surface area (TPSA) is 28.2 Å². The summed E-state index contributed by atoms with van der Waals surface area (Å²) in [6, 6.07) is 8.58. The lowest BCUT2D eigenvalue weighted by Gasteiger charge is -2.17. The van der Waals surface area contributed by atoms with Crippen molar-refractivity contribution in [2.45, 2.75) is 27.2 Å². The maximum absolute atomic E-state index is 4.74. The number of benzene rings is 1. The molecule has 0 saturated carbocycles. The quantitative estimate of drug-likeness (QED) is 0.716. The van der Waals surface area contributed by atoms with Gasteiger partial charge in [-0.25, -0.2) is 4.98 Å². The first-order valence-electron chi connectivity index (χ1n) is 8.17. The Labute approximate surface area is 138 Å². The lowest BCUT2D eigenvalue weighted by Crippen LogP contribution is -2.32. The molecule has 0 atom stereocenters. The molecule has 22 heavy (non-hydrogen) atoms. The summed E-state index contributed by atoms with van der Waals surface area (Å²) in [6.45, 7) is 12.0. The van der Waals surface area contributed by atoms with Crippen molar-refractivity contribution in [2.24, 2.45) is 0 Å². The number of likely N-dealkylation sites (N-methyl/N-ethyl adjacent to an activating group) is 1. The Morgan fingerprint density at radius 3 is 2.50 bits per heavy atom. The molecule has 1 N–H and O–H groups in total. The molecule has 0 spiro atoms. The van der Waals surface area contributed by atoms with Crippen molar-refractivity contribution < 1.29 is 0 Å². The van der Waals surface area contributed by atoms with Gasteiger partial charge in [0.15, 0.2) is 0 Å². The Hall–Kier alpha value is -1.23. The number of rotatable bonds is 9. The van der Waals surface area contributed by atoms with Crippen LogP contribution in [0.3, 0.4) is 0 Å². The van der Waals surface area contributed by atoms with E-state index < -0.39 is 0 Å². The number of nitrogens with zero attached hydrogens (tertiary/aromatic N) is 2. The molecule has 0 radical (unpaired) electrons. The molecule has 1 aromatic carbocycles. The summed E-state index contributed by atoms with van der Waals surface area (Å²) < 4.78 is 0. The van der Waals surface area contributed by atoms with Crippen LogP contribution in [0.1, 0.15) is 24.4 Å². The van der Waals surface area contributed by atoms with Gasteiger partial charge < -0.3 is 10.2 Å². The van der Waals surface area contributed by atoms with Crippen molar-refractivity contribution in [1.29, 1.82) is 0 Å². The van der Waals surface area contributed by atoms with Gasteiger partial charge in [0.25, 0.3) is 0 Å². The number of hydrogen-bond donors (Lipinski definition) is 1. The fourth-order valence-corrected chi connectivity index (χ4v) is 3.19. The second-order valence-electron chi connectivity index (χ2n) is 5.52. The lowest BCUT2D eigenvalue weighted by molar-refractivity contribution is 0.303. The molecule has 2 aromatic rings. The fraction of sp³-hybridized carbons (Fsp3) is 0.500. The molecule has 3 nitrogen and oxygen atoms in total. The molecule has 1 heterocycles. The minimum atomic E-state index is 1.00. The number of aromatic nitrogens is 1. The van der Waals surface area contributed by atoms with Crippen LogP contribution < -0.4 is 5.32 Å². The molecule has 0 aliphatic rings. The summed E-state index contributed by atoms with van der Waals surface area (Å²) in [4.78, 5) is 7.18. The molecule has 1 aromatic heterocycles. The van der Waals surface area contributed by atoms with Crippen LogP contribution in [0, 0.1) is 6.92 Å². The highest BCUT2D eigenvalue weighted by Crippen LogP contribution is 2.22. The standard InChI is InChI=1S/C18H27N3S/c1-4-21(5-2)13-12-19-11-10-18-20-17(14-22-18)16-8-6-15(3)7-9-16/h6-9,14,19H,4-5,10-13H2,1-3H3. The van der Waals surface area contributed by atoms with Crippen LogP contribution in [-0.2, 0) is 6.42 Å². The molecule has 4 heteroatoms. The predicted octanol–water partition coefficient (Wildman–Crippen LogP) is 3.59. The van der Waals surface area contributed by atoms with E-state index in [0.717, 1.165) is 44.8 Å². The molecule has 0 aliphatic carbocycles. The Bertz CT molecular complexity index is 544. The summed E-state index contributed by atoms with van der Waals surface area (Å²) >= 11 is 1.76. The Balaban J connectivity index is 1.74. The monoisotopic (exact) mass is 317 g/mol. The van der Waals surface area contributed by atoms with Crippen LogP contribution in [0.4, 0.5) is 0 Å². The van der Waals surface area contributed by atoms with Gasteiger partial charge in [0, 0.05) is 37.0 Å². The van der Waals surface area contributed by atoms with Gasteiger partial charge in [-0.15, -0.1) is 11.3 Å². The maximum atomic E-state index is 4.74. The van der Waals surface area contributed by atoms with Crippen molar-refractivity contribution in [2.75, 3.05) is 32.7 Å². The molecular weight excluding hydrogens is 290 g/mol. The average molecular weight is 318 g/mol. The van der Waals surface area contributed by atoms with Gasteiger partial charge in [-0.1, -0.05) is 43.7 Å². The highest BCUT2D eigenvalue weighted by Gasteiger charge is 2.04. The average Bonchev–Trinajstić information content (AvgIpc) is 3.00. The van der Waals surface area contributed by atoms with Crippen molar-refractivity contribution in [3.63, 3.8) is 0 Å². The third kappa shape index (κ3) is 5.20. The summed E-state index contributed by atoms with van der Waals surface area (Å²) in [5.74, 6) is 0. The van der Waals surface area contributed by atoms with E-state index >= 15 is 0 Å². The van der Waals surface area contributed by atoms with E-state index in [-0.39, 0.29) is 0 Å². The van der Waals surface area contributed by atoms with Gasteiger partial charge in [-0.05, 0) is 20.0 Å². The molecule has 0 saturated heterocycles. The van der Waals surface area contributed by atoms with E-state index in [1.54, 1.807) is 11.3 Å². The first kappa shape index (κ1) is 17.1. The molecule has 0 unspecified atom stereocenters. The smallest absolute Gasteiger partial charge is 0.0945 e. The predicted molar refractivity (Wildman–Crippen MR) is 96.6 cm³/mol. The molecule has 0 bridgehead atoms. The van der Waals surface area contributed by atoms with Crippen molar-refractivity contribution in [1.82, 2.24) is 15.2 Å². The van der Waals surface area contributed by atoms with Gasteiger partial charge in [-0.2, -0.15) is 0 Å². The molecular formula is C18H27N3S. The van der Waals surface area contributed by atoms with Gasteiger partial charge in [-0.3, -0.25) is 0 Å². The second-order valence-corrected chi connectivity index (χ2v) is 6.46. The van der Waals surface area contributed by atoms with Crippen LogP contribution in [0.2, 0.25) is 0 Å². The fourth-order valence-electron chi connectivity index (χ4n) is 2.38. The van der Waals surface area contributed by atoms with Gasteiger partial charge >= 0.3 is 0 Å². The summed E-state index contributed by atoms with van der Waals surface area (Å²) in [6.07, 6.45) is 1.01. The number of hydrogen-bond acceptors (Lipinski definition) is 4. The highest BCUT2D eigenvalue weighted by molar-refractivity contribution is 7.09. The van der Waals surface area contributed by atoms with E-state index in [2.05, 4.69) is 60.6 Å². The van der Waals surface area contributed by atoms with Crippen LogP contribution in [0.25, 0.3) is 11.3 Å². The number of thiazole rings is 1. The minimum Gasteiger partial charge on any atom is -0.315 e.